The van der Waals surface area contributed by atoms with Crippen LogP contribution in [0.1, 0.15) is 49.4 Å². The van der Waals surface area contributed by atoms with Crippen LogP contribution in [0.5, 0.6) is 5.75 Å². The van der Waals surface area contributed by atoms with Crippen LogP contribution < -0.4 is 4.74 Å². The molecule has 2 heterocycles. The van der Waals surface area contributed by atoms with E-state index in [1.54, 1.807) is 56.5 Å². The van der Waals surface area contributed by atoms with Crippen LogP contribution in [0, 0.1) is 18.3 Å². The molecule has 0 fully saturated rings. The Kier molecular flexibility index (Phi) is 8.77. The fourth-order valence-corrected chi connectivity index (χ4v) is 5.45. The van der Waals surface area contributed by atoms with Gasteiger partial charge in [-0.05, 0) is 69.6 Å². The zero-order chi connectivity index (χ0) is 31.0. The number of nitriles is 1. The van der Waals surface area contributed by atoms with E-state index in [-0.39, 0.29) is 23.9 Å². The van der Waals surface area contributed by atoms with Crippen molar-refractivity contribution in [2.24, 2.45) is 0 Å². The number of ether oxygens (including phenoxy) is 3. The summed E-state index contributed by atoms with van der Waals surface area (Å²) in [4.78, 5) is 17.6. The Morgan fingerprint density at radius 2 is 1.90 bits per heavy atom. The van der Waals surface area contributed by atoms with Crippen molar-refractivity contribution in [2.75, 3.05) is 6.61 Å². The molecule has 4 aromatic rings. The van der Waals surface area contributed by atoms with Gasteiger partial charge in [0.25, 0.3) is 0 Å². The third kappa shape index (κ3) is 6.81. The van der Waals surface area contributed by atoms with Crippen molar-refractivity contribution in [1.29, 1.82) is 5.26 Å². The van der Waals surface area contributed by atoms with Crippen molar-refractivity contribution in [3.05, 3.63) is 59.0 Å². The number of aromatic nitrogens is 3. The quantitative estimate of drug-likeness (QED) is 0.164. The fraction of sp³-hybridized carbons (Fsp3) is 0.433. The summed E-state index contributed by atoms with van der Waals surface area (Å²) in [7, 11) is -1.38. The molecule has 12 heteroatoms. The molecule has 2 aromatic heterocycles. The number of aryl methyl sites for hydroxylation is 1. The van der Waals surface area contributed by atoms with Gasteiger partial charge in [0, 0.05) is 31.8 Å². The number of halogens is 2. The number of carbonyl (C=O) groups excluding carboxylic acids is 1. The van der Waals surface area contributed by atoms with E-state index in [2.05, 4.69) is 30.7 Å². The van der Waals surface area contributed by atoms with Gasteiger partial charge in [0.15, 0.2) is 0 Å². The minimum atomic E-state index is -3.16. The topological polar surface area (TPSA) is 112 Å². The third-order valence-corrected chi connectivity index (χ3v) is 8.32. The van der Waals surface area contributed by atoms with Crippen LogP contribution in [-0.4, -0.2) is 52.2 Å². The fourth-order valence-electron chi connectivity index (χ4n) is 4.69. The number of aliphatic hydroxyl groups is 1. The number of aliphatic hydroxyl groups excluding tert-OH is 1. The average molecular weight is 599 g/mol. The summed E-state index contributed by atoms with van der Waals surface area (Å²) < 4.78 is 46.6. The van der Waals surface area contributed by atoms with E-state index < -0.39 is 32.5 Å². The minimum absolute atomic E-state index is 0.0115. The summed E-state index contributed by atoms with van der Waals surface area (Å²) >= 11 is 0. The lowest BCUT2D eigenvalue weighted by Crippen LogP contribution is -2.26. The maximum atomic E-state index is 13.6. The number of hydrogen-bond acceptors (Lipinski definition) is 7. The molecule has 1 atom stereocenters. The molecule has 0 aliphatic carbocycles. The lowest BCUT2D eigenvalue weighted by atomic mass is 9.99. The summed E-state index contributed by atoms with van der Waals surface area (Å²) in [6.07, 6.45) is -0.749. The molecular weight excluding hydrogens is 562 g/mol. The Hall–Kier alpha value is -3.79. The van der Waals surface area contributed by atoms with E-state index in [0.717, 1.165) is 6.04 Å². The zero-order valence-corrected chi connectivity index (χ0v) is 25.9. The molecule has 0 saturated heterocycles. The van der Waals surface area contributed by atoms with E-state index in [0.29, 0.717) is 39.7 Å². The van der Waals surface area contributed by atoms with Crippen molar-refractivity contribution in [2.45, 2.75) is 78.4 Å². The molecular formula is C30H36F2N4O5Si. The summed E-state index contributed by atoms with van der Waals surface area (Å²) in [6.45, 7) is 10.9. The van der Waals surface area contributed by atoms with Gasteiger partial charge in [-0.2, -0.15) is 14.0 Å². The monoisotopic (exact) mass is 598 g/mol. The second kappa shape index (κ2) is 11.8. The molecule has 4 rings (SSSR count). The summed E-state index contributed by atoms with van der Waals surface area (Å²) in [6, 6.07) is 10.8. The summed E-state index contributed by atoms with van der Waals surface area (Å²) in [5, 5.41) is 21.6. The van der Waals surface area contributed by atoms with Crippen LogP contribution in [-0.2, 0) is 16.2 Å². The van der Waals surface area contributed by atoms with E-state index >= 15 is 0 Å². The molecule has 42 heavy (non-hydrogen) atoms. The van der Waals surface area contributed by atoms with Gasteiger partial charge in [-0.15, -0.1) is 0 Å². The van der Waals surface area contributed by atoms with E-state index in [4.69, 9.17) is 14.2 Å². The van der Waals surface area contributed by atoms with Crippen molar-refractivity contribution in [1.82, 2.24) is 14.1 Å². The maximum Gasteiger partial charge on any atom is 0.419 e. The van der Waals surface area contributed by atoms with Crippen molar-refractivity contribution in [3.8, 4) is 11.8 Å². The lowest BCUT2D eigenvalue weighted by molar-refractivity contribution is -0.0512. The van der Waals surface area contributed by atoms with Crippen LogP contribution in [0.25, 0.3) is 21.9 Å². The predicted molar refractivity (Wildman–Crippen MR) is 158 cm³/mol. The first-order valence-corrected chi connectivity index (χ1v) is 17.3. The number of carbonyl (C=O) groups is 1. The number of alkyl halides is 2. The SMILES string of the molecule is Cc1cc(OC(F)F)c(C(O)c2nc3cc(C#N)ccc3n2COCC[Si](C)(C)C)c2ccn(C(=O)OC(C)(C)C)c12. The van der Waals surface area contributed by atoms with Gasteiger partial charge in [0.1, 0.15) is 30.0 Å². The van der Waals surface area contributed by atoms with E-state index in [9.17, 15) is 23.9 Å². The Balaban J connectivity index is 1.89. The maximum absolute atomic E-state index is 13.6. The third-order valence-electron chi connectivity index (χ3n) is 6.61. The normalized spacial score (nSPS) is 13.1. The van der Waals surface area contributed by atoms with Gasteiger partial charge in [0.05, 0.1) is 28.2 Å². The van der Waals surface area contributed by atoms with Crippen LogP contribution >= 0.6 is 0 Å². The van der Waals surface area contributed by atoms with Gasteiger partial charge < -0.3 is 23.9 Å². The molecule has 0 radical (unpaired) electrons. The molecule has 1 N–H and O–H groups in total. The Morgan fingerprint density at radius 1 is 1.19 bits per heavy atom. The van der Waals surface area contributed by atoms with Crippen molar-refractivity contribution < 1.29 is 32.9 Å². The number of hydrogen-bond donors (Lipinski definition) is 1. The standard InChI is InChI=1S/C30H36F2N4O5Si/c1-18-14-23(40-28(31)32)24(20-10-11-35(25(18)20)29(38)41-30(2,3)4)26(37)27-34-21-15-19(16-33)8-9-22(21)36(27)17-39-12-13-42(5,6)7/h8-11,14-15,26,28,37H,12-13,17H2,1-7H3. The van der Waals surface area contributed by atoms with Crippen LogP contribution in [0.4, 0.5) is 13.6 Å². The number of benzene rings is 2. The molecule has 9 nitrogen and oxygen atoms in total. The minimum Gasteiger partial charge on any atom is -0.443 e. The zero-order valence-electron chi connectivity index (χ0n) is 24.9. The van der Waals surface area contributed by atoms with E-state index in [1.807, 2.05) is 0 Å². The molecule has 0 aliphatic heterocycles. The number of rotatable bonds is 9. The highest BCUT2D eigenvalue weighted by atomic mass is 28.3. The highest BCUT2D eigenvalue weighted by Gasteiger charge is 2.30. The highest BCUT2D eigenvalue weighted by Crippen LogP contribution is 2.40. The van der Waals surface area contributed by atoms with Crippen molar-refractivity contribution in [3.63, 3.8) is 0 Å². The number of imidazole rings is 1. The summed E-state index contributed by atoms with van der Waals surface area (Å²) in [5.74, 6) is -0.136. The van der Waals surface area contributed by atoms with Gasteiger partial charge in [-0.3, -0.25) is 4.57 Å². The van der Waals surface area contributed by atoms with E-state index in [1.165, 1.54) is 16.8 Å². The Labute approximate surface area is 244 Å². The first kappa shape index (κ1) is 31.1. The smallest absolute Gasteiger partial charge is 0.419 e. The number of fused-ring (bicyclic) bond motifs is 2. The lowest BCUT2D eigenvalue weighted by Gasteiger charge is -2.22. The second-order valence-electron chi connectivity index (χ2n) is 12.4. The first-order chi connectivity index (χ1) is 19.6. The van der Waals surface area contributed by atoms with Gasteiger partial charge in [-0.1, -0.05) is 19.6 Å². The predicted octanol–water partition coefficient (Wildman–Crippen LogP) is 6.95. The summed E-state index contributed by atoms with van der Waals surface area (Å²) in [5.41, 5.74) is 1.49. The first-order valence-electron chi connectivity index (χ1n) is 13.6. The molecule has 1 unspecified atom stereocenters. The molecule has 0 spiro atoms. The highest BCUT2D eigenvalue weighted by molar-refractivity contribution is 6.76. The van der Waals surface area contributed by atoms with Crippen LogP contribution in [0.15, 0.2) is 36.5 Å². The molecule has 2 aromatic carbocycles. The average Bonchev–Trinajstić information content (AvgIpc) is 3.46. The molecule has 0 bridgehead atoms. The van der Waals surface area contributed by atoms with Gasteiger partial charge in [-0.25, -0.2) is 9.78 Å². The van der Waals surface area contributed by atoms with Crippen LogP contribution in [0.3, 0.4) is 0 Å². The molecule has 0 aliphatic rings. The van der Waals surface area contributed by atoms with Crippen LogP contribution in [0.2, 0.25) is 25.7 Å². The van der Waals surface area contributed by atoms with Gasteiger partial charge in [0.2, 0.25) is 0 Å². The number of nitrogens with zero attached hydrogens (tertiary/aromatic N) is 4. The van der Waals surface area contributed by atoms with Crippen molar-refractivity contribution >= 4 is 36.1 Å². The second-order valence-corrected chi connectivity index (χ2v) is 18.0. The molecule has 0 amide bonds. The Bertz CT molecular complexity index is 1660. The molecule has 0 saturated carbocycles. The molecule has 224 valence electrons. The van der Waals surface area contributed by atoms with Gasteiger partial charge >= 0.3 is 12.7 Å². The largest absolute Gasteiger partial charge is 0.443 e. The Morgan fingerprint density at radius 3 is 2.52 bits per heavy atom.